The quantitative estimate of drug-likeness (QED) is 0.704. The van der Waals surface area contributed by atoms with E-state index in [-0.39, 0.29) is 5.11 Å². The molecule has 23 heavy (non-hydrogen) atoms. The van der Waals surface area contributed by atoms with E-state index in [1.165, 1.54) is 17.1 Å². The summed E-state index contributed by atoms with van der Waals surface area (Å²) in [7, 11) is 0. The number of nitrogens with two attached hydrogens (primary N) is 2. The molecule has 3 rings (SSSR count). The van der Waals surface area contributed by atoms with Gasteiger partial charge in [-0.05, 0) is 48.6 Å². The van der Waals surface area contributed by atoms with E-state index in [2.05, 4.69) is 101 Å². The van der Waals surface area contributed by atoms with E-state index in [1.54, 1.807) is 0 Å². The minimum absolute atomic E-state index is 0.000000000000000222. The van der Waals surface area contributed by atoms with Crippen molar-refractivity contribution in [3.05, 3.63) is 91.0 Å². The number of rotatable bonds is 3. The molecule has 0 saturated heterocycles. The zero-order valence-corrected chi connectivity index (χ0v) is 13.5. The Morgan fingerprint density at radius 2 is 0.783 bits per heavy atom. The molecule has 3 aromatic rings. The lowest BCUT2D eigenvalue weighted by Crippen LogP contribution is -2.18. The fourth-order valence-electron chi connectivity index (χ4n) is 2.18. The normalized spacial score (nSPS) is 9.39. The minimum Gasteiger partial charge on any atom is -0.377 e. The first-order valence-corrected chi connectivity index (χ1v) is 7.59. The van der Waals surface area contributed by atoms with Crippen LogP contribution in [0, 0.1) is 0 Å². The third-order valence-corrected chi connectivity index (χ3v) is 3.04. The van der Waals surface area contributed by atoms with Gasteiger partial charge >= 0.3 is 0 Å². The van der Waals surface area contributed by atoms with Crippen molar-refractivity contribution < 1.29 is 0 Å². The van der Waals surface area contributed by atoms with Crippen LogP contribution in [0.25, 0.3) is 0 Å². The standard InChI is InChI=1S/C18H15N.CH4N2S/c1-4-10-16(11-5-1)19(17-12-6-2-7-13-17)18-14-8-3-9-15-18;2-1(3)4/h1-15H;(H4,2,3,4). The molecule has 0 atom stereocenters. The van der Waals surface area contributed by atoms with Crippen LogP contribution in [0.5, 0.6) is 0 Å². The van der Waals surface area contributed by atoms with Crippen molar-refractivity contribution in [1.82, 2.24) is 0 Å². The molecule has 0 aliphatic heterocycles. The van der Waals surface area contributed by atoms with Gasteiger partial charge in [0.2, 0.25) is 0 Å². The molecule has 0 aromatic heterocycles. The highest BCUT2D eigenvalue weighted by Crippen LogP contribution is 2.33. The summed E-state index contributed by atoms with van der Waals surface area (Å²) in [6, 6.07) is 31.3. The maximum Gasteiger partial charge on any atom is 0.160 e. The Kier molecular flexibility index (Phi) is 6.15. The van der Waals surface area contributed by atoms with Gasteiger partial charge in [-0.15, -0.1) is 0 Å². The van der Waals surface area contributed by atoms with E-state index in [9.17, 15) is 0 Å². The molecule has 3 aromatic carbocycles. The van der Waals surface area contributed by atoms with E-state index in [1.807, 2.05) is 18.2 Å². The lowest BCUT2D eigenvalue weighted by molar-refractivity contribution is 1.28. The SMILES string of the molecule is NC(N)=S.c1ccc(N(c2ccccc2)c2ccccc2)cc1. The summed E-state index contributed by atoms with van der Waals surface area (Å²) >= 11 is 4.09. The first-order valence-electron chi connectivity index (χ1n) is 7.18. The van der Waals surface area contributed by atoms with Crippen molar-refractivity contribution in [3.8, 4) is 0 Å². The lowest BCUT2D eigenvalue weighted by atomic mass is 10.2. The summed E-state index contributed by atoms with van der Waals surface area (Å²) < 4.78 is 0. The van der Waals surface area contributed by atoms with Crippen molar-refractivity contribution in [1.29, 1.82) is 0 Å². The Bertz CT molecular complexity index is 617. The largest absolute Gasteiger partial charge is 0.377 e. The molecule has 0 heterocycles. The van der Waals surface area contributed by atoms with E-state index in [4.69, 9.17) is 0 Å². The Morgan fingerprint density at radius 3 is 1.00 bits per heavy atom. The third kappa shape index (κ3) is 5.13. The van der Waals surface area contributed by atoms with Crippen molar-refractivity contribution in [2.45, 2.75) is 0 Å². The maximum absolute atomic E-state index is 4.62. The van der Waals surface area contributed by atoms with Crippen LogP contribution in [0.4, 0.5) is 17.1 Å². The summed E-state index contributed by atoms with van der Waals surface area (Å²) in [5.74, 6) is 0. The Hall–Kier alpha value is -2.85. The van der Waals surface area contributed by atoms with Gasteiger partial charge in [0.05, 0.1) is 0 Å². The third-order valence-electron chi connectivity index (χ3n) is 3.04. The van der Waals surface area contributed by atoms with Crippen LogP contribution in [0.3, 0.4) is 0 Å². The van der Waals surface area contributed by atoms with Gasteiger partial charge in [0.1, 0.15) is 0 Å². The molecular weight excluding hydrogens is 302 g/mol. The minimum atomic E-state index is 0.000000000000000222. The van der Waals surface area contributed by atoms with Gasteiger partial charge in [0, 0.05) is 17.1 Å². The van der Waals surface area contributed by atoms with Crippen molar-refractivity contribution in [3.63, 3.8) is 0 Å². The van der Waals surface area contributed by atoms with Crippen LogP contribution >= 0.6 is 12.2 Å². The number of hydrogen-bond acceptors (Lipinski definition) is 2. The zero-order valence-electron chi connectivity index (χ0n) is 12.7. The van der Waals surface area contributed by atoms with Crippen LogP contribution in [-0.2, 0) is 0 Å². The van der Waals surface area contributed by atoms with Gasteiger partial charge in [-0.1, -0.05) is 54.6 Å². The molecule has 3 nitrogen and oxygen atoms in total. The highest BCUT2D eigenvalue weighted by Gasteiger charge is 2.10. The Labute approximate surface area is 142 Å². The second-order valence-electron chi connectivity index (χ2n) is 4.74. The molecule has 0 radical (unpaired) electrons. The van der Waals surface area contributed by atoms with Gasteiger partial charge < -0.3 is 16.4 Å². The van der Waals surface area contributed by atoms with E-state index in [0.717, 1.165) is 0 Å². The average Bonchev–Trinajstić information content (AvgIpc) is 2.58. The predicted molar refractivity (Wildman–Crippen MR) is 102 cm³/mol. The van der Waals surface area contributed by atoms with Crippen LogP contribution in [0.1, 0.15) is 0 Å². The summed E-state index contributed by atoms with van der Waals surface area (Å²) in [5, 5.41) is 0.000000000000000222. The molecule has 0 aliphatic carbocycles. The molecule has 4 heteroatoms. The molecule has 0 fully saturated rings. The summed E-state index contributed by atoms with van der Waals surface area (Å²) in [6.07, 6.45) is 0. The van der Waals surface area contributed by atoms with Gasteiger partial charge in [-0.25, -0.2) is 0 Å². The van der Waals surface area contributed by atoms with Crippen molar-refractivity contribution >= 4 is 34.4 Å². The number of anilines is 3. The molecule has 116 valence electrons. The first-order chi connectivity index (χ1) is 11.2. The fourth-order valence-corrected chi connectivity index (χ4v) is 2.18. The number of para-hydroxylation sites is 3. The molecule has 0 aliphatic rings. The van der Waals surface area contributed by atoms with Crippen LogP contribution in [-0.4, -0.2) is 5.11 Å². The van der Waals surface area contributed by atoms with Crippen molar-refractivity contribution in [2.24, 2.45) is 11.5 Å². The molecular formula is C19H19N3S. The summed E-state index contributed by atoms with van der Waals surface area (Å²) in [4.78, 5) is 2.25. The Balaban J connectivity index is 0.000000433. The van der Waals surface area contributed by atoms with Gasteiger partial charge in [-0.2, -0.15) is 0 Å². The fraction of sp³-hybridized carbons (Fsp3) is 0. The van der Waals surface area contributed by atoms with Gasteiger partial charge in [0.15, 0.2) is 5.11 Å². The zero-order chi connectivity index (χ0) is 16.5. The number of nitrogens with zero attached hydrogens (tertiary/aromatic N) is 1. The molecule has 0 bridgehead atoms. The number of hydrogen-bond donors (Lipinski definition) is 2. The van der Waals surface area contributed by atoms with Crippen LogP contribution < -0.4 is 16.4 Å². The molecule has 0 spiro atoms. The topological polar surface area (TPSA) is 55.3 Å². The average molecular weight is 321 g/mol. The highest BCUT2D eigenvalue weighted by atomic mass is 32.1. The number of benzene rings is 3. The maximum atomic E-state index is 4.62. The van der Waals surface area contributed by atoms with E-state index < -0.39 is 0 Å². The van der Waals surface area contributed by atoms with Crippen LogP contribution in [0.2, 0.25) is 0 Å². The number of thiocarbonyl (C=S) groups is 1. The summed E-state index contributed by atoms with van der Waals surface area (Å²) in [5.41, 5.74) is 12.7. The Morgan fingerprint density at radius 1 is 0.565 bits per heavy atom. The highest BCUT2D eigenvalue weighted by molar-refractivity contribution is 7.80. The molecule has 0 amide bonds. The first kappa shape index (κ1) is 16.5. The molecule has 0 unspecified atom stereocenters. The second-order valence-corrected chi connectivity index (χ2v) is 5.22. The van der Waals surface area contributed by atoms with Gasteiger partial charge in [-0.3, -0.25) is 0 Å². The second kappa shape index (κ2) is 8.56. The lowest BCUT2D eigenvalue weighted by Gasteiger charge is -2.25. The van der Waals surface area contributed by atoms with Gasteiger partial charge in [0.25, 0.3) is 0 Å². The monoisotopic (exact) mass is 321 g/mol. The van der Waals surface area contributed by atoms with E-state index >= 15 is 0 Å². The molecule has 4 N–H and O–H groups in total. The van der Waals surface area contributed by atoms with Crippen LogP contribution in [0.15, 0.2) is 91.0 Å². The summed E-state index contributed by atoms with van der Waals surface area (Å²) in [6.45, 7) is 0. The predicted octanol–water partition coefficient (Wildman–Crippen LogP) is 4.35. The van der Waals surface area contributed by atoms with Crippen molar-refractivity contribution in [2.75, 3.05) is 4.90 Å². The van der Waals surface area contributed by atoms with E-state index in [0.29, 0.717) is 0 Å². The smallest absolute Gasteiger partial charge is 0.160 e. The molecule has 0 saturated carbocycles.